The van der Waals surface area contributed by atoms with E-state index in [2.05, 4.69) is 10.6 Å². The van der Waals surface area contributed by atoms with Gasteiger partial charge in [-0.3, -0.25) is 0 Å². The molecule has 0 saturated carbocycles. The van der Waals surface area contributed by atoms with Gasteiger partial charge in [0.1, 0.15) is 0 Å². The van der Waals surface area contributed by atoms with Crippen LogP contribution >= 0.6 is 11.3 Å². The lowest BCUT2D eigenvalue weighted by Crippen LogP contribution is -2.21. The second kappa shape index (κ2) is 7.91. The van der Waals surface area contributed by atoms with Crippen LogP contribution in [-0.4, -0.2) is 14.4 Å². The Bertz CT molecular complexity index is 1060. The van der Waals surface area contributed by atoms with Crippen LogP contribution in [0.15, 0.2) is 64.2 Å². The third kappa shape index (κ3) is 4.54. The van der Waals surface area contributed by atoms with Gasteiger partial charge in [-0.05, 0) is 52.6 Å². The van der Waals surface area contributed by atoms with Gasteiger partial charge in [0.05, 0.1) is 10.6 Å². The molecule has 2 aromatic carbocycles. The summed E-state index contributed by atoms with van der Waals surface area (Å²) in [5, 5.41) is 14.6. The van der Waals surface area contributed by atoms with Crippen LogP contribution in [-0.2, 0) is 16.4 Å². The van der Waals surface area contributed by atoms with Crippen molar-refractivity contribution in [3.8, 4) is 11.1 Å². The number of carbonyl (C=O) groups is 1. The number of thiophene rings is 1. The topological polar surface area (TPSA) is 101 Å². The maximum absolute atomic E-state index is 12.5. The van der Waals surface area contributed by atoms with Crippen molar-refractivity contribution < 1.29 is 13.2 Å². The smallest absolute Gasteiger partial charge is 0.307 e. The molecule has 0 saturated heterocycles. The molecule has 0 aliphatic heterocycles. The molecular weight excluding hydrogens is 382 g/mol. The molecule has 0 spiro atoms. The number of nitrogens with one attached hydrogen (secondary N) is 2. The predicted molar refractivity (Wildman–Crippen MR) is 110 cm³/mol. The first-order valence-corrected chi connectivity index (χ1v) is 10.7. The Morgan fingerprint density at radius 3 is 2.48 bits per heavy atom. The molecule has 140 valence electrons. The zero-order chi connectivity index (χ0) is 19.4. The number of urea groups is 1. The highest BCUT2D eigenvalue weighted by Gasteiger charge is 2.15. The molecule has 0 unspecified atom stereocenters. The molecular formula is C19H19N3O3S2. The highest BCUT2D eigenvalue weighted by molar-refractivity contribution is 7.89. The Labute approximate surface area is 162 Å². The first-order valence-electron chi connectivity index (χ1n) is 8.24. The maximum Gasteiger partial charge on any atom is 0.323 e. The number of primary sulfonamides is 1. The summed E-state index contributed by atoms with van der Waals surface area (Å²) in [4.78, 5) is 12.5. The molecule has 0 bridgehead atoms. The summed E-state index contributed by atoms with van der Waals surface area (Å²) in [5.74, 6) is 0. The average Bonchev–Trinajstić information content (AvgIpc) is 3.15. The van der Waals surface area contributed by atoms with Crippen LogP contribution in [0.4, 0.5) is 16.2 Å². The Morgan fingerprint density at radius 2 is 1.81 bits per heavy atom. The molecule has 0 aliphatic carbocycles. The predicted octanol–water partition coefficient (Wildman–Crippen LogP) is 4.27. The van der Waals surface area contributed by atoms with E-state index in [0.717, 1.165) is 17.5 Å². The van der Waals surface area contributed by atoms with Gasteiger partial charge in [-0.15, -0.1) is 0 Å². The third-order valence-electron chi connectivity index (χ3n) is 4.05. The van der Waals surface area contributed by atoms with Crippen molar-refractivity contribution in [1.29, 1.82) is 0 Å². The number of hydrogen-bond acceptors (Lipinski definition) is 4. The van der Waals surface area contributed by atoms with Gasteiger partial charge in [-0.2, -0.15) is 11.3 Å². The van der Waals surface area contributed by atoms with Crippen molar-refractivity contribution in [2.45, 2.75) is 18.2 Å². The monoisotopic (exact) mass is 401 g/mol. The molecule has 3 aromatic rings. The average molecular weight is 402 g/mol. The van der Waals surface area contributed by atoms with Crippen LogP contribution in [0.25, 0.3) is 11.1 Å². The minimum Gasteiger partial charge on any atom is -0.307 e. The highest BCUT2D eigenvalue weighted by atomic mass is 32.2. The number of sulfonamides is 1. The van der Waals surface area contributed by atoms with Crippen LogP contribution in [0.5, 0.6) is 0 Å². The zero-order valence-corrected chi connectivity index (χ0v) is 16.2. The van der Waals surface area contributed by atoms with Crippen molar-refractivity contribution in [3.05, 3.63) is 64.9 Å². The number of amides is 2. The second-order valence-corrected chi connectivity index (χ2v) is 8.20. The van der Waals surface area contributed by atoms with Crippen molar-refractivity contribution in [2.24, 2.45) is 5.14 Å². The maximum atomic E-state index is 12.5. The van der Waals surface area contributed by atoms with Gasteiger partial charge in [0.15, 0.2) is 0 Å². The molecule has 27 heavy (non-hydrogen) atoms. The molecule has 3 rings (SSSR count). The molecule has 8 heteroatoms. The van der Waals surface area contributed by atoms with E-state index in [1.54, 1.807) is 6.07 Å². The molecule has 1 heterocycles. The fraction of sp³-hybridized carbons (Fsp3) is 0.105. The van der Waals surface area contributed by atoms with Crippen molar-refractivity contribution in [1.82, 2.24) is 0 Å². The molecule has 0 radical (unpaired) electrons. The number of benzene rings is 2. The molecule has 0 fully saturated rings. The number of anilines is 2. The summed E-state index contributed by atoms with van der Waals surface area (Å²) in [6.45, 7) is 2.00. The normalized spacial score (nSPS) is 11.2. The fourth-order valence-electron chi connectivity index (χ4n) is 2.70. The highest BCUT2D eigenvalue weighted by Crippen LogP contribution is 2.32. The Balaban J connectivity index is 1.93. The summed E-state index contributed by atoms with van der Waals surface area (Å²) < 4.78 is 23.4. The number of hydrogen-bond donors (Lipinski definition) is 3. The van der Waals surface area contributed by atoms with E-state index < -0.39 is 16.1 Å². The van der Waals surface area contributed by atoms with Gasteiger partial charge >= 0.3 is 6.03 Å². The van der Waals surface area contributed by atoms with E-state index in [0.29, 0.717) is 16.9 Å². The molecule has 6 nitrogen and oxygen atoms in total. The Kier molecular flexibility index (Phi) is 5.59. The van der Waals surface area contributed by atoms with Gasteiger partial charge in [0, 0.05) is 11.3 Å². The van der Waals surface area contributed by atoms with Crippen molar-refractivity contribution in [2.75, 3.05) is 10.6 Å². The van der Waals surface area contributed by atoms with Crippen molar-refractivity contribution >= 4 is 38.8 Å². The van der Waals surface area contributed by atoms with Gasteiger partial charge in [0.25, 0.3) is 0 Å². The summed E-state index contributed by atoms with van der Waals surface area (Å²) in [7, 11) is -3.89. The molecule has 0 atom stereocenters. The number of nitrogens with two attached hydrogens (primary N) is 1. The third-order valence-corrected chi connectivity index (χ3v) is 5.64. The zero-order valence-electron chi connectivity index (χ0n) is 14.6. The molecule has 0 aliphatic rings. The minimum atomic E-state index is -3.89. The van der Waals surface area contributed by atoms with E-state index >= 15 is 0 Å². The molecule has 1 aromatic heterocycles. The number of aryl methyl sites for hydroxylation is 1. The lowest BCUT2D eigenvalue weighted by Gasteiger charge is -2.14. The quantitative estimate of drug-likeness (QED) is 0.595. The summed E-state index contributed by atoms with van der Waals surface area (Å²) >= 11 is 1.51. The summed E-state index contributed by atoms with van der Waals surface area (Å²) in [5.41, 5.74) is 3.67. The van der Waals surface area contributed by atoms with E-state index in [1.807, 2.05) is 48.0 Å². The van der Waals surface area contributed by atoms with Crippen LogP contribution in [0, 0.1) is 0 Å². The standard InChI is InChI=1S/C19H19N3O3S2/c1-2-13-5-3-4-6-17(13)21-19(23)22-18-11-15(27(20,24)25)7-8-16(18)14-9-10-26-12-14/h3-12H,2H2,1H3,(H2,20,24,25)(H2,21,22,23). The van der Waals surface area contributed by atoms with E-state index in [9.17, 15) is 13.2 Å². The summed E-state index contributed by atoms with van der Waals surface area (Å²) in [6.07, 6.45) is 0.775. The van der Waals surface area contributed by atoms with E-state index in [-0.39, 0.29) is 4.90 Å². The second-order valence-electron chi connectivity index (χ2n) is 5.85. The first-order chi connectivity index (χ1) is 12.9. The largest absolute Gasteiger partial charge is 0.323 e. The SMILES string of the molecule is CCc1ccccc1NC(=O)Nc1cc(S(N)(=O)=O)ccc1-c1ccsc1. The van der Waals surface area contributed by atoms with Crippen LogP contribution in [0.2, 0.25) is 0 Å². The van der Waals surface area contributed by atoms with Crippen LogP contribution in [0.1, 0.15) is 12.5 Å². The van der Waals surface area contributed by atoms with Crippen LogP contribution < -0.4 is 15.8 Å². The van der Waals surface area contributed by atoms with Gasteiger partial charge < -0.3 is 10.6 Å². The first kappa shape index (κ1) is 19.1. The Morgan fingerprint density at radius 1 is 1.07 bits per heavy atom. The molecule has 4 N–H and O–H groups in total. The minimum absolute atomic E-state index is 0.0641. The number of para-hydroxylation sites is 1. The number of carbonyl (C=O) groups excluding carboxylic acids is 1. The van der Waals surface area contributed by atoms with Crippen molar-refractivity contribution in [3.63, 3.8) is 0 Å². The lowest BCUT2D eigenvalue weighted by atomic mass is 10.1. The summed E-state index contributed by atoms with van der Waals surface area (Å²) in [6, 6.07) is 13.4. The van der Waals surface area contributed by atoms with E-state index in [4.69, 9.17) is 5.14 Å². The van der Waals surface area contributed by atoms with Gasteiger partial charge in [-0.25, -0.2) is 18.4 Å². The lowest BCUT2D eigenvalue weighted by molar-refractivity contribution is 0.262. The van der Waals surface area contributed by atoms with Crippen LogP contribution in [0.3, 0.4) is 0 Å². The van der Waals surface area contributed by atoms with Gasteiger partial charge in [0.2, 0.25) is 10.0 Å². The fourth-order valence-corrected chi connectivity index (χ4v) is 3.90. The Hall–Kier alpha value is -2.68. The van der Waals surface area contributed by atoms with Gasteiger partial charge in [-0.1, -0.05) is 31.2 Å². The van der Waals surface area contributed by atoms with E-state index in [1.165, 1.54) is 23.5 Å². The molecule has 2 amide bonds. The number of rotatable bonds is 5.